The van der Waals surface area contributed by atoms with Crippen LogP contribution in [0.2, 0.25) is 0 Å². The number of amides is 1. The Labute approximate surface area is 197 Å². The molecule has 0 radical (unpaired) electrons. The summed E-state index contributed by atoms with van der Waals surface area (Å²) in [6.45, 7) is 3.14. The summed E-state index contributed by atoms with van der Waals surface area (Å²) in [5.41, 5.74) is -2.72. The van der Waals surface area contributed by atoms with Gasteiger partial charge in [-0.05, 0) is 55.3 Å². The molecule has 1 saturated heterocycles. The average molecular weight is 504 g/mol. The first kappa shape index (κ1) is 26.5. The molecule has 35 heavy (non-hydrogen) atoms. The van der Waals surface area contributed by atoms with Crippen molar-refractivity contribution >= 4 is 23.1 Å². The summed E-state index contributed by atoms with van der Waals surface area (Å²) >= 11 is 0. The minimum absolute atomic E-state index is 0.00356. The number of ketones is 1. The summed E-state index contributed by atoms with van der Waals surface area (Å²) in [6.07, 6.45) is -10.1. The molecule has 190 valence electrons. The van der Waals surface area contributed by atoms with Gasteiger partial charge in [0, 0.05) is 37.3 Å². The lowest BCUT2D eigenvalue weighted by Crippen LogP contribution is -2.53. The van der Waals surface area contributed by atoms with Gasteiger partial charge >= 0.3 is 12.4 Å². The lowest BCUT2D eigenvalue weighted by molar-refractivity contribution is -0.143. The summed E-state index contributed by atoms with van der Waals surface area (Å²) in [6, 6.07) is 3.66. The average Bonchev–Trinajstić information content (AvgIpc) is 2.76. The lowest BCUT2D eigenvalue weighted by Gasteiger charge is -2.39. The molecule has 0 aromatic heterocycles. The predicted octanol–water partition coefficient (Wildman–Crippen LogP) is 6.15. The Hall–Kier alpha value is -3.11. The summed E-state index contributed by atoms with van der Waals surface area (Å²) in [7, 11) is 0. The summed E-state index contributed by atoms with van der Waals surface area (Å²) < 4.78 is 94.0. The molecule has 2 aromatic carbocycles. The smallest absolute Gasteiger partial charge is 0.358 e. The van der Waals surface area contributed by atoms with E-state index in [0.29, 0.717) is 23.4 Å². The zero-order valence-electron chi connectivity index (χ0n) is 18.9. The third-order valence-electron chi connectivity index (χ3n) is 5.78. The second-order valence-corrected chi connectivity index (χ2v) is 8.39. The summed E-state index contributed by atoms with van der Waals surface area (Å²) in [5.74, 6) is -1.59. The number of piperidine rings is 1. The van der Waals surface area contributed by atoms with Crippen LogP contribution >= 0.6 is 0 Å². The Morgan fingerprint density at radius 3 is 2.14 bits per heavy atom. The maximum Gasteiger partial charge on any atom is 0.416 e. The van der Waals surface area contributed by atoms with Crippen molar-refractivity contribution in [3.05, 3.63) is 58.9 Å². The zero-order chi connectivity index (χ0) is 26.1. The van der Waals surface area contributed by atoms with Crippen molar-refractivity contribution in [1.29, 1.82) is 0 Å². The minimum atomic E-state index is -5.07. The number of rotatable bonds is 5. The molecule has 1 fully saturated rings. The van der Waals surface area contributed by atoms with Crippen LogP contribution in [0.5, 0.6) is 0 Å². The van der Waals surface area contributed by atoms with Gasteiger partial charge in [-0.15, -0.1) is 0 Å². The Morgan fingerprint density at radius 2 is 1.63 bits per heavy atom. The van der Waals surface area contributed by atoms with Crippen molar-refractivity contribution in [3.8, 4) is 0 Å². The summed E-state index contributed by atoms with van der Waals surface area (Å²) in [4.78, 5) is 28.3. The largest absolute Gasteiger partial charge is 0.416 e. The number of nitrogens with zero attached hydrogens (tertiary/aromatic N) is 2. The Bertz CT molecular complexity index is 1080. The molecule has 0 saturated carbocycles. The zero-order valence-corrected chi connectivity index (χ0v) is 18.9. The Morgan fingerprint density at radius 1 is 1.03 bits per heavy atom. The van der Waals surface area contributed by atoms with Gasteiger partial charge in [0.05, 0.1) is 11.1 Å². The van der Waals surface area contributed by atoms with E-state index in [9.17, 15) is 40.3 Å². The highest BCUT2D eigenvalue weighted by atomic mass is 19.4. The number of anilines is 2. The van der Waals surface area contributed by atoms with Gasteiger partial charge in [0.15, 0.2) is 0 Å². The first-order valence-electron chi connectivity index (χ1n) is 10.9. The number of hydrogen-bond acceptors (Lipinski definition) is 3. The molecule has 0 bridgehead atoms. The first-order chi connectivity index (χ1) is 16.2. The fourth-order valence-corrected chi connectivity index (χ4v) is 4.14. The lowest BCUT2D eigenvalue weighted by atomic mass is 9.97. The standard InChI is InChI=1S/C24H23F7N2O2/c1-3-7-32(18-11-15(23(26,27)28)10-16(12-18)24(29,30)31)22(35)21-13-19(34)6-8-33(21)20-5-4-17(25)9-14(20)2/h4-5,9-12,21H,3,6-8,13H2,1-2H3. The number of halogens is 7. The summed E-state index contributed by atoms with van der Waals surface area (Å²) in [5, 5.41) is 0. The van der Waals surface area contributed by atoms with Crippen LogP contribution in [0.1, 0.15) is 42.9 Å². The van der Waals surface area contributed by atoms with Crippen LogP contribution in [0.15, 0.2) is 36.4 Å². The first-order valence-corrected chi connectivity index (χ1v) is 10.9. The Balaban J connectivity index is 2.10. The van der Waals surface area contributed by atoms with Gasteiger partial charge in [-0.2, -0.15) is 26.3 Å². The molecule has 1 aliphatic heterocycles. The molecule has 1 amide bonds. The molecule has 11 heteroatoms. The molecule has 0 spiro atoms. The Kier molecular flexibility index (Phi) is 7.47. The highest BCUT2D eigenvalue weighted by Gasteiger charge is 2.40. The predicted molar refractivity (Wildman–Crippen MR) is 116 cm³/mol. The van der Waals surface area contributed by atoms with Crippen molar-refractivity contribution in [2.45, 2.75) is 51.5 Å². The van der Waals surface area contributed by atoms with Gasteiger partial charge in [0.2, 0.25) is 5.91 Å². The molecule has 0 aliphatic carbocycles. The second-order valence-electron chi connectivity index (χ2n) is 8.39. The van der Waals surface area contributed by atoms with Crippen LogP contribution in [0.4, 0.5) is 42.1 Å². The molecule has 1 aliphatic rings. The minimum Gasteiger partial charge on any atom is -0.358 e. The number of hydrogen-bond donors (Lipinski definition) is 0. The fraction of sp³-hybridized carbons (Fsp3) is 0.417. The van der Waals surface area contributed by atoms with Crippen LogP contribution in [-0.2, 0) is 21.9 Å². The number of benzene rings is 2. The van der Waals surface area contributed by atoms with Crippen LogP contribution in [0.25, 0.3) is 0 Å². The van der Waals surface area contributed by atoms with Gasteiger partial charge in [-0.25, -0.2) is 4.39 Å². The maximum absolute atomic E-state index is 13.6. The highest BCUT2D eigenvalue weighted by molar-refractivity contribution is 6.03. The molecular weight excluding hydrogens is 481 g/mol. The maximum atomic E-state index is 13.6. The van der Waals surface area contributed by atoms with Crippen molar-refractivity contribution in [3.63, 3.8) is 0 Å². The normalized spacial score (nSPS) is 17.0. The van der Waals surface area contributed by atoms with E-state index < -0.39 is 46.9 Å². The fourth-order valence-electron chi connectivity index (χ4n) is 4.14. The van der Waals surface area contributed by atoms with Crippen LogP contribution in [0, 0.1) is 12.7 Å². The van der Waals surface area contributed by atoms with E-state index in [2.05, 4.69) is 0 Å². The molecule has 1 atom stereocenters. The molecular formula is C24H23F7N2O2. The van der Waals surface area contributed by atoms with E-state index >= 15 is 0 Å². The third-order valence-corrected chi connectivity index (χ3v) is 5.78. The van der Waals surface area contributed by atoms with E-state index in [4.69, 9.17) is 0 Å². The quantitative estimate of drug-likeness (QED) is 0.459. The number of alkyl halides is 6. The molecule has 3 rings (SSSR count). The van der Waals surface area contributed by atoms with Gasteiger partial charge in [0.25, 0.3) is 0 Å². The van der Waals surface area contributed by atoms with E-state index in [-0.39, 0.29) is 44.2 Å². The number of aryl methyl sites for hydroxylation is 1. The van der Waals surface area contributed by atoms with E-state index in [1.165, 1.54) is 18.2 Å². The van der Waals surface area contributed by atoms with Crippen LogP contribution in [0.3, 0.4) is 0 Å². The van der Waals surface area contributed by atoms with E-state index in [1.54, 1.807) is 18.7 Å². The van der Waals surface area contributed by atoms with Crippen molar-refractivity contribution < 1.29 is 40.3 Å². The third kappa shape index (κ3) is 5.94. The monoisotopic (exact) mass is 504 g/mol. The van der Waals surface area contributed by atoms with Gasteiger partial charge in [0.1, 0.15) is 17.6 Å². The molecule has 2 aromatic rings. The number of carbonyl (C=O) groups excluding carboxylic acids is 2. The second kappa shape index (κ2) is 9.87. The van der Waals surface area contributed by atoms with Gasteiger partial charge in [-0.1, -0.05) is 6.92 Å². The molecule has 1 heterocycles. The number of carbonyl (C=O) groups is 2. The van der Waals surface area contributed by atoms with Crippen molar-refractivity contribution in [1.82, 2.24) is 0 Å². The van der Waals surface area contributed by atoms with E-state index in [1.807, 2.05) is 0 Å². The molecule has 0 N–H and O–H groups in total. The SMILES string of the molecule is CCCN(C(=O)C1CC(=O)CCN1c1ccc(F)cc1C)c1cc(C(F)(F)F)cc(C(F)(F)F)c1. The van der Waals surface area contributed by atoms with Crippen LogP contribution in [-0.4, -0.2) is 30.8 Å². The van der Waals surface area contributed by atoms with Crippen LogP contribution < -0.4 is 9.80 Å². The molecule has 4 nitrogen and oxygen atoms in total. The van der Waals surface area contributed by atoms with E-state index in [0.717, 1.165) is 4.90 Å². The topological polar surface area (TPSA) is 40.6 Å². The highest BCUT2D eigenvalue weighted by Crippen LogP contribution is 2.39. The molecule has 1 unspecified atom stereocenters. The van der Waals surface area contributed by atoms with Gasteiger partial charge in [-0.3, -0.25) is 9.59 Å². The van der Waals surface area contributed by atoms with Crippen molar-refractivity contribution in [2.24, 2.45) is 0 Å². The van der Waals surface area contributed by atoms with Gasteiger partial charge < -0.3 is 9.80 Å². The number of Topliss-reactive ketones (excluding diaryl/α,β-unsaturated/α-hetero) is 1. The van der Waals surface area contributed by atoms with Crippen molar-refractivity contribution in [2.75, 3.05) is 22.9 Å².